The SMILES string of the molecule is CCC(C(=O)NCCOc1ccccc1C(C)C)N(c1ccc(C)cc1)S(C)(=O)=O. The van der Waals surface area contributed by atoms with Gasteiger partial charge in [0.05, 0.1) is 18.5 Å². The van der Waals surface area contributed by atoms with Crippen LogP contribution in [0.5, 0.6) is 5.75 Å². The van der Waals surface area contributed by atoms with Gasteiger partial charge in [-0.3, -0.25) is 9.10 Å². The number of sulfonamides is 1. The summed E-state index contributed by atoms with van der Waals surface area (Å²) in [6, 6.07) is 14.1. The van der Waals surface area contributed by atoms with E-state index in [-0.39, 0.29) is 12.5 Å². The number of hydrogen-bond donors (Lipinski definition) is 1. The summed E-state index contributed by atoms with van der Waals surface area (Å²) in [5, 5.41) is 2.82. The van der Waals surface area contributed by atoms with E-state index in [2.05, 4.69) is 19.2 Å². The Kier molecular flexibility index (Phi) is 8.29. The molecule has 2 aromatic carbocycles. The number of rotatable bonds is 10. The summed E-state index contributed by atoms with van der Waals surface area (Å²) in [6.07, 6.45) is 1.47. The number of benzene rings is 2. The molecule has 30 heavy (non-hydrogen) atoms. The Morgan fingerprint density at radius 1 is 1.10 bits per heavy atom. The standard InChI is InChI=1S/C23H32N2O4S/c1-6-21(25(30(5,27)28)19-13-11-18(4)12-14-19)23(26)24-15-16-29-22-10-8-7-9-20(22)17(2)3/h7-14,17,21H,6,15-16H2,1-5H3,(H,24,26). The maximum Gasteiger partial charge on any atom is 0.244 e. The van der Waals surface area contributed by atoms with Crippen molar-refractivity contribution >= 4 is 21.6 Å². The molecule has 1 unspecified atom stereocenters. The Morgan fingerprint density at radius 2 is 1.73 bits per heavy atom. The average Bonchev–Trinajstić information content (AvgIpc) is 2.69. The minimum Gasteiger partial charge on any atom is -0.491 e. The van der Waals surface area contributed by atoms with E-state index in [1.54, 1.807) is 19.1 Å². The van der Waals surface area contributed by atoms with Gasteiger partial charge in [0, 0.05) is 0 Å². The monoisotopic (exact) mass is 432 g/mol. The second kappa shape index (κ2) is 10.5. The molecule has 0 aliphatic rings. The van der Waals surface area contributed by atoms with E-state index in [9.17, 15) is 13.2 Å². The highest BCUT2D eigenvalue weighted by Crippen LogP contribution is 2.26. The Bertz CT molecular complexity index is 940. The van der Waals surface area contributed by atoms with Crippen LogP contribution in [-0.2, 0) is 14.8 Å². The molecule has 1 N–H and O–H groups in total. The number of para-hydroxylation sites is 1. The van der Waals surface area contributed by atoms with E-state index < -0.39 is 16.1 Å². The maximum absolute atomic E-state index is 12.8. The maximum atomic E-state index is 12.8. The molecule has 0 saturated heterocycles. The summed E-state index contributed by atoms with van der Waals surface area (Å²) in [7, 11) is -3.63. The van der Waals surface area contributed by atoms with E-state index >= 15 is 0 Å². The molecule has 7 heteroatoms. The van der Waals surface area contributed by atoms with Crippen molar-refractivity contribution in [3.05, 3.63) is 59.7 Å². The quantitative estimate of drug-likeness (QED) is 0.579. The van der Waals surface area contributed by atoms with Crippen molar-refractivity contribution in [3.63, 3.8) is 0 Å². The number of carbonyl (C=O) groups excluding carboxylic acids is 1. The first kappa shape index (κ1) is 23.7. The smallest absolute Gasteiger partial charge is 0.244 e. The largest absolute Gasteiger partial charge is 0.491 e. The fraction of sp³-hybridized carbons (Fsp3) is 0.435. The van der Waals surface area contributed by atoms with Gasteiger partial charge in [-0.25, -0.2) is 8.42 Å². The third-order valence-corrected chi connectivity index (χ3v) is 6.00. The molecule has 0 saturated carbocycles. The molecule has 164 valence electrons. The molecule has 1 atom stereocenters. The van der Waals surface area contributed by atoms with Crippen molar-refractivity contribution in [2.24, 2.45) is 0 Å². The van der Waals surface area contributed by atoms with Gasteiger partial charge in [0.1, 0.15) is 18.4 Å². The number of anilines is 1. The molecule has 2 aromatic rings. The van der Waals surface area contributed by atoms with E-state index in [1.165, 1.54) is 4.31 Å². The summed E-state index contributed by atoms with van der Waals surface area (Å²) in [4.78, 5) is 12.8. The summed E-state index contributed by atoms with van der Waals surface area (Å²) in [5.74, 6) is 0.786. The first-order valence-corrected chi connectivity index (χ1v) is 12.1. The van der Waals surface area contributed by atoms with Crippen LogP contribution in [0, 0.1) is 6.92 Å². The van der Waals surface area contributed by atoms with Crippen LogP contribution >= 0.6 is 0 Å². The van der Waals surface area contributed by atoms with Gasteiger partial charge in [-0.15, -0.1) is 0 Å². The van der Waals surface area contributed by atoms with Crippen LogP contribution in [0.3, 0.4) is 0 Å². The van der Waals surface area contributed by atoms with Gasteiger partial charge in [0.25, 0.3) is 0 Å². The molecule has 0 spiro atoms. The highest BCUT2D eigenvalue weighted by atomic mass is 32.2. The third-order valence-electron chi connectivity index (χ3n) is 4.82. The summed E-state index contributed by atoms with van der Waals surface area (Å²) in [6.45, 7) is 8.51. The molecule has 0 aliphatic carbocycles. The minimum atomic E-state index is -3.63. The topological polar surface area (TPSA) is 75.7 Å². The van der Waals surface area contributed by atoms with Gasteiger partial charge >= 0.3 is 0 Å². The molecule has 1 amide bonds. The lowest BCUT2D eigenvalue weighted by atomic mass is 10.0. The molecular formula is C23H32N2O4S. The highest BCUT2D eigenvalue weighted by molar-refractivity contribution is 7.92. The Balaban J connectivity index is 2.05. The number of nitrogens with zero attached hydrogens (tertiary/aromatic N) is 1. The molecule has 2 rings (SSSR count). The zero-order valence-corrected chi connectivity index (χ0v) is 19.2. The number of aryl methyl sites for hydroxylation is 1. The molecule has 0 radical (unpaired) electrons. The van der Waals surface area contributed by atoms with Crippen molar-refractivity contribution in [1.82, 2.24) is 5.32 Å². The van der Waals surface area contributed by atoms with E-state index in [0.29, 0.717) is 24.6 Å². The van der Waals surface area contributed by atoms with Crippen molar-refractivity contribution in [1.29, 1.82) is 0 Å². The zero-order valence-electron chi connectivity index (χ0n) is 18.4. The highest BCUT2D eigenvalue weighted by Gasteiger charge is 2.31. The third kappa shape index (κ3) is 6.23. The van der Waals surface area contributed by atoms with Crippen LogP contribution in [-0.4, -0.2) is 39.8 Å². The second-order valence-corrected chi connectivity index (χ2v) is 9.51. The van der Waals surface area contributed by atoms with Crippen LogP contribution < -0.4 is 14.4 Å². The molecule has 0 fully saturated rings. The van der Waals surface area contributed by atoms with E-state index in [4.69, 9.17) is 4.74 Å². The summed E-state index contributed by atoms with van der Waals surface area (Å²) < 4.78 is 32.0. The van der Waals surface area contributed by atoms with E-state index in [1.807, 2.05) is 43.3 Å². The van der Waals surface area contributed by atoms with Gasteiger partial charge in [0.2, 0.25) is 15.9 Å². The first-order valence-electron chi connectivity index (χ1n) is 10.2. The fourth-order valence-corrected chi connectivity index (χ4v) is 4.51. The van der Waals surface area contributed by atoms with Crippen LogP contribution in [0.25, 0.3) is 0 Å². The van der Waals surface area contributed by atoms with E-state index in [0.717, 1.165) is 23.1 Å². The summed E-state index contributed by atoms with van der Waals surface area (Å²) in [5.41, 5.74) is 2.61. The second-order valence-electron chi connectivity index (χ2n) is 7.65. The van der Waals surface area contributed by atoms with Crippen LogP contribution in [0.15, 0.2) is 48.5 Å². The Morgan fingerprint density at radius 3 is 2.30 bits per heavy atom. The van der Waals surface area contributed by atoms with Gasteiger partial charge in [-0.05, 0) is 43.0 Å². The lowest BCUT2D eigenvalue weighted by Gasteiger charge is -2.30. The molecule has 6 nitrogen and oxygen atoms in total. The van der Waals surface area contributed by atoms with Crippen molar-refractivity contribution in [3.8, 4) is 5.75 Å². The van der Waals surface area contributed by atoms with Crippen molar-refractivity contribution < 1.29 is 17.9 Å². The normalized spacial score (nSPS) is 12.5. The molecule has 0 heterocycles. The first-order chi connectivity index (χ1) is 14.1. The molecule has 0 aromatic heterocycles. The number of carbonyl (C=O) groups is 1. The van der Waals surface area contributed by atoms with Gasteiger partial charge in [-0.2, -0.15) is 0 Å². The molecule has 0 bridgehead atoms. The van der Waals surface area contributed by atoms with Gasteiger partial charge < -0.3 is 10.1 Å². The number of hydrogen-bond acceptors (Lipinski definition) is 4. The number of amides is 1. The molecule has 0 aliphatic heterocycles. The Hall–Kier alpha value is -2.54. The predicted octanol–water partition coefficient (Wildman–Crippen LogP) is 3.86. The lowest BCUT2D eigenvalue weighted by Crippen LogP contribution is -2.50. The lowest BCUT2D eigenvalue weighted by molar-refractivity contribution is -0.122. The number of nitrogens with one attached hydrogen (secondary N) is 1. The van der Waals surface area contributed by atoms with Crippen LogP contribution in [0.2, 0.25) is 0 Å². The van der Waals surface area contributed by atoms with Crippen molar-refractivity contribution in [2.75, 3.05) is 23.7 Å². The minimum absolute atomic E-state index is 0.285. The molecular weight excluding hydrogens is 400 g/mol. The van der Waals surface area contributed by atoms with Gasteiger partial charge in [-0.1, -0.05) is 56.7 Å². The average molecular weight is 433 g/mol. The van der Waals surface area contributed by atoms with Gasteiger partial charge in [0.15, 0.2) is 0 Å². The fourth-order valence-electron chi connectivity index (χ4n) is 3.29. The predicted molar refractivity (Wildman–Crippen MR) is 122 cm³/mol. The van der Waals surface area contributed by atoms with Crippen LogP contribution in [0.1, 0.15) is 44.2 Å². The number of ether oxygens (including phenoxy) is 1. The zero-order chi connectivity index (χ0) is 22.3. The Labute approximate surface area is 180 Å². The summed E-state index contributed by atoms with van der Waals surface area (Å²) >= 11 is 0. The van der Waals surface area contributed by atoms with Crippen LogP contribution in [0.4, 0.5) is 5.69 Å². The van der Waals surface area contributed by atoms with Crippen molar-refractivity contribution in [2.45, 2.75) is 46.1 Å².